The Balaban J connectivity index is 1.95. The average Bonchev–Trinajstić information content (AvgIpc) is 2.23. The van der Waals surface area contributed by atoms with E-state index in [9.17, 15) is 0 Å². The van der Waals surface area contributed by atoms with Gasteiger partial charge in [-0.25, -0.2) is 0 Å². The Morgan fingerprint density at radius 1 is 1.43 bits per heavy atom. The normalized spacial score (nSPS) is 34.1. The van der Waals surface area contributed by atoms with Gasteiger partial charge in [-0.05, 0) is 38.0 Å². The van der Waals surface area contributed by atoms with E-state index in [0.29, 0.717) is 12.0 Å². The number of rotatable bonds is 1. The lowest BCUT2D eigenvalue weighted by molar-refractivity contribution is 0.195. The summed E-state index contributed by atoms with van der Waals surface area (Å²) >= 11 is 0. The maximum Gasteiger partial charge on any atom is 0.0215 e. The zero-order valence-electron chi connectivity index (χ0n) is 9.21. The number of nitrogens with two attached hydrogens (primary N) is 1. The lowest BCUT2D eigenvalue weighted by atomic mass is 9.93. The zero-order valence-corrected chi connectivity index (χ0v) is 9.21. The summed E-state index contributed by atoms with van der Waals surface area (Å²) in [6.07, 6.45) is 8.94. The molecule has 0 aromatic heterocycles. The highest BCUT2D eigenvalue weighted by atomic mass is 15.2. The molecule has 0 spiro atoms. The second-order valence-electron chi connectivity index (χ2n) is 4.82. The third-order valence-electron chi connectivity index (χ3n) is 3.64. The van der Waals surface area contributed by atoms with Crippen molar-refractivity contribution < 1.29 is 0 Å². The van der Waals surface area contributed by atoms with Gasteiger partial charge in [-0.15, -0.1) is 0 Å². The second kappa shape index (κ2) is 4.35. The fourth-order valence-corrected chi connectivity index (χ4v) is 2.53. The fraction of sp³-hybridized carbons (Fsp3) is 0.833. The van der Waals surface area contributed by atoms with Crippen LogP contribution in [0.3, 0.4) is 0 Å². The molecule has 2 nitrogen and oxygen atoms in total. The minimum atomic E-state index is 0.426. The van der Waals surface area contributed by atoms with Crippen LogP contribution in [0.1, 0.15) is 39.0 Å². The van der Waals surface area contributed by atoms with Gasteiger partial charge in [0.25, 0.3) is 0 Å². The van der Waals surface area contributed by atoms with Crippen LogP contribution in [0, 0.1) is 5.92 Å². The van der Waals surface area contributed by atoms with Crippen LogP contribution in [-0.4, -0.2) is 24.0 Å². The third kappa shape index (κ3) is 2.11. The van der Waals surface area contributed by atoms with E-state index in [1.54, 1.807) is 5.70 Å². The van der Waals surface area contributed by atoms with Gasteiger partial charge in [-0.2, -0.15) is 0 Å². The average molecular weight is 194 g/mol. The topological polar surface area (TPSA) is 29.3 Å². The van der Waals surface area contributed by atoms with Gasteiger partial charge in [0.1, 0.15) is 0 Å². The van der Waals surface area contributed by atoms with Crippen molar-refractivity contribution in [3.8, 4) is 0 Å². The Labute approximate surface area is 87.2 Å². The lowest BCUT2D eigenvalue weighted by Gasteiger charge is -2.38. The third-order valence-corrected chi connectivity index (χ3v) is 3.64. The minimum Gasteiger partial charge on any atom is -0.375 e. The van der Waals surface area contributed by atoms with Crippen LogP contribution in [0.5, 0.6) is 0 Å². The van der Waals surface area contributed by atoms with E-state index < -0.39 is 0 Å². The molecule has 2 atom stereocenters. The Morgan fingerprint density at radius 3 is 2.93 bits per heavy atom. The Morgan fingerprint density at radius 2 is 2.29 bits per heavy atom. The first kappa shape index (κ1) is 10.0. The first-order chi connectivity index (χ1) is 6.77. The van der Waals surface area contributed by atoms with Gasteiger partial charge in [0, 0.05) is 24.8 Å². The van der Waals surface area contributed by atoms with Gasteiger partial charge in [0.05, 0.1) is 0 Å². The molecular weight excluding hydrogens is 172 g/mol. The standard InChI is InChI=1S/C12H22N2/c1-10-9-14(8-7-12(10)13)11-5-3-2-4-6-11/h5,10,12H,2-4,6-9,13H2,1H3. The molecule has 1 fully saturated rings. The summed E-state index contributed by atoms with van der Waals surface area (Å²) in [5.41, 5.74) is 7.62. The van der Waals surface area contributed by atoms with E-state index >= 15 is 0 Å². The molecule has 1 aliphatic heterocycles. The molecule has 0 saturated carbocycles. The molecular formula is C12H22N2. The number of nitrogens with zero attached hydrogens (tertiary/aromatic N) is 1. The number of hydrogen-bond acceptors (Lipinski definition) is 2. The van der Waals surface area contributed by atoms with Gasteiger partial charge in [0.15, 0.2) is 0 Å². The molecule has 1 saturated heterocycles. The molecule has 2 rings (SSSR count). The SMILES string of the molecule is CC1CN(C2=CCCCC2)CCC1N. The number of hydrogen-bond donors (Lipinski definition) is 1. The minimum absolute atomic E-state index is 0.426. The quantitative estimate of drug-likeness (QED) is 0.692. The summed E-state index contributed by atoms with van der Waals surface area (Å²) in [7, 11) is 0. The van der Waals surface area contributed by atoms with Crippen molar-refractivity contribution >= 4 is 0 Å². The molecule has 2 aliphatic rings. The summed E-state index contributed by atoms with van der Waals surface area (Å²) in [4.78, 5) is 2.56. The van der Waals surface area contributed by atoms with Gasteiger partial charge >= 0.3 is 0 Å². The first-order valence-electron chi connectivity index (χ1n) is 5.97. The smallest absolute Gasteiger partial charge is 0.0215 e. The molecule has 80 valence electrons. The van der Waals surface area contributed by atoms with Crippen LogP contribution in [0.4, 0.5) is 0 Å². The van der Waals surface area contributed by atoms with Crippen LogP contribution in [-0.2, 0) is 0 Å². The summed E-state index contributed by atoms with van der Waals surface area (Å²) in [5.74, 6) is 0.659. The van der Waals surface area contributed by atoms with E-state index in [2.05, 4.69) is 17.9 Å². The maximum atomic E-state index is 6.02. The van der Waals surface area contributed by atoms with Crippen molar-refractivity contribution in [2.45, 2.75) is 45.1 Å². The molecule has 2 unspecified atom stereocenters. The molecule has 2 N–H and O–H groups in total. The molecule has 14 heavy (non-hydrogen) atoms. The van der Waals surface area contributed by atoms with Crippen LogP contribution in [0.15, 0.2) is 11.8 Å². The largest absolute Gasteiger partial charge is 0.375 e. The van der Waals surface area contributed by atoms with Crippen LogP contribution in [0.25, 0.3) is 0 Å². The van der Waals surface area contributed by atoms with Crippen molar-refractivity contribution in [3.05, 3.63) is 11.8 Å². The van der Waals surface area contributed by atoms with E-state index in [1.807, 2.05) is 0 Å². The van der Waals surface area contributed by atoms with Crippen LogP contribution >= 0.6 is 0 Å². The Hall–Kier alpha value is -0.500. The van der Waals surface area contributed by atoms with E-state index in [-0.39, 0.29) is 0 Å². The van der Waals surface area contributed by atoms with E-state index in [0.717, 1.165) is 0 Å². The lowest BCUT2D eigenvalue weighted by Crippen LogP contribution is -2.45. The molecule has 2 heteroatoms. The molecule has 1 heterocycles. The summed E-state index contributed by atoms with van der Waals surface area (Å²) in [6.45, 7) is 4.63. The number of allylic oxidation sites excluding steroid dienone is 2. The predicted octanol–water partition coefficient (Wildman–Crippen LogP) is 2.11. The summed E-state index contributed by atoms with van der Waals surface area (Å²) in [6, 6.07) is 0.426. The van der Waals surface area contributed by atoms with Crippen molar-refractivity contribution in [1.82, 2.24) is 4.90 Å². The van der Waals surface area contributed by atoms with Crippen LogP contribution < -0.4 is 5.73 Å². The van der Waals surface area contributed by atoms with Gasteiger partial charge in [-0.3, -0.25) is 0 Å². The molecule has 0 radical (unpaired) electrons. The van der Waals surface area contributed by atoms with Gasteiger partial charge in [0.2, 0.25) is 0 Å². The van der Waals surface area contributed by atoms with Crippen LogP contribution in [0.2, 0.25) is 0 Å². The molecule has 0 aromatic rings. The second-order valence-corrected chi connectivity index (χ2v) is 4.82. The van der Waals surface area contributed by atoms with E-state index in [1.165, 1.54) is 45.2 Å². The Kier molecular flexibility index (Phi) is 3.12. The Bertz CT molecular complexity index is 222. The maximum absolute atomic E-state index is 6.02. The molecule has 1 aliphatic carbocycles. The number of likely N-dealkylation sites (tertiary alicyclic amines) is 1. The first-order valence-corrected chi connectivity index (χ1v) is 5.97. The molecule has 0 bridgehead atoms. The van der Waals surface area contributed by atoms with Crippen molar-refractivity contribution in [2.75, 3.05) is 13.1 Å². The van der Waals surface area contributed by atoms with E-state index in [4.69, 9.17) is 5.73 Å². The van der Waals surface area contributed by atoms with Gasteiger partial charge < -0.3 is 10.6 Å². The monoisotopic (exact) mass is 194 g/mol. The highest BCUT2D eigenvalue weighted by Gasteiger charge is 2.24. The van der Waals surface area contributed by atoms with Crippen molar-refractivity contribution in [3.63, 3.8) is 0 Å². The summed E-state index contributed by atoms with van der Waals surface area (Å²) < 4.78 is 0. The predicted molar refractivity (Wildman–Crippen MR) is 59.9 cm³/mol. The van der Waals surface area contributed by atoms with Crippen molar-refractivity contribution in [1.29, 1.82) is 0 Å². The molecule has 0 aromatic carbocycles. The molecule has 0 amide bonds. The fourth-order valence-electron chi connectivity index (χ4n) is 2.53. The highest BCUT2D eigenvalue weighted by molar-refractivity contribution is 5.06. The number of piperidine rings is 1. The van der Waals surface area contributed by atoms with Crippen molar-refractivity contribution in [2.24, 2.45) is 11.7 Å². The highest BCUT2D eigenvalue weighted by Crippen LogP contribution is 2.25. The zero-order chi connectivity index (χ0) is 9.97. The summed E-state index contributed by atoms with van der Waals surface area (Å²) in [5, 5.41) is 0. The van der Waals surface area contributed by atoms with Gasteiger partial charge in [-0.1, -0.05) is 13.0 Å².